The Morgan fingerprint density at radius 1 is 1.50 bits per heavy atom. The zero-order chi connectivity index (χ0) is 15.5. The fourth-order valence-corrected chi connectivity index (χ4v) is 1.37. The van der Waals surface area contributed by atoms with Crippen LogP contribution in [0.2, 0.25) is 0 Å². The molecule has 0 radical (unpaired) electrons. The molecule has 0 saturated heterocycles. The van der Waals surface area contributed by atoms with Crippen LogP contribution in [0, 0.1) is 0 Å². The molecule has 7 nitrogen and oxygen atoms in total. The maximum Gasteiger partial charge on any atom is 0.323 e. The average Bonchev–Trinajstić information content (AvgIpc) is 2.76. The third-order valence-electron chi connectivity index (χ3n) is 3.24. The fourth-order valence-electron chi connectivity index (χ4n) is 1.37. The zero-order valence-corrected chi connectivity index (χ0v) is 12.4. The Morgan fingerprint density at radius 3 is 2.55 bits per heavy atom. The highest BCUT2D eigenvalue weighted by atomic mass is 16.5. The molecule has 0 saturated carbocycles. The van der Waals surface area contributed by atoms with E-state index < -0.39 is 11.5 Å². The summed E-state index contributed by atoms with van der Waals surface area (Å²) >= 11 is 0. The summed E-state index contributed by atoms with van der Waals surface area (Å²) in [5, 5.41) is 15.5. The molecule has 1 rings (SSSR count). The number of nitrogens with one attached hydrogen (secondary N) is 1. The molecule has 0 aromatic carbocycles. The molecule has 20 heavy (non-hydrogen) atoms. The number of carbonyl (C=O) groups is 2. The lowest BCUT2D eigenvalue weighted by Gasteiger charge is -2.30. The van der Waals surface area contributed by atoms with E-state index in [1.807, 2.05) is 13.8 Å². The van der Waals surface area contributed by atoms with E-state index in [4.69, 9.17) is 9.63 Å². The molecular weight excluding hydrogens is 262 g/mol. The minimum absolute atomic E-state index is 0.0585. The van der Waals surface area contributed by atoms with Gasteiger partial charge in [0.25, 0.3) is 0 Å². The molecule has 0 bridgehead atoms. The minimum atomic E-state index is -1.12. The van der Waals surface area contributed by atoms with Crippen LogP contribution in [-0.2, 0) is 9.59 Å². The van der Waals surface area contributed by atoms with Crippen molar-refractivity contribution in [2.24, 2.45) is 0 Å². The molecule has 0 fully saturated rings. The lowest BCUT2D eigenvalue weighted by atomic mass is 10.0. The molecule has 0 spiro atoms. The second-order valence-corrected chi connectivity index (χ2v) is 5.54. The highest BCUT2D eigenvalue weighted by molar-refractivity contribution is 5.91. The molecule has 2 N–H and O–H groups in total. The summed E-state index contributed by atoms with van der Waals surface area (Å²) in [4.78, 5) is 24.4. The monoisotopic (exact) mass is 283 g/mol. The van der Waals surface area contributed by atoms with Gasteiger partial charge in [-0.15, -0.1) is 0 Å². The lowest BCUT2D eigenvalue weighted by Crippen LogP contribution is -2.50. The smallest absolute Gasteiger partial charge is 0.323 e. The largest absolute Gasteiger partial charge is 0.480 e. The van der Waals surface area contributed by atoms with E-state index in [1.165, 1.54) is 18.7 Å². The van der Waals surface area contributed by atoms with Crippen LogP contribution in [-0.4, -0.2) is 46.2 Å². The first-order valence-corrected chi connectivity index (χ1v) is 6.35. The van der Waals surface area contributed by atoms with Gasteiger partial charge in [0, 0.05) is 6.07 Å². The third-order valence-corrected chi connectivity index (χ3v) is 3.24. The Balaban J connectivity index is 2.61. The van der Waals surface area contributed by atoms with Gasteiger partial charge in [0.15, 0.2) is 0 Å². The van der Waals surface area contributed by atoms with E-state index >= 15 is 0 Å². The van der Waals surface area contributed by atoms with E-state index in [-0.39, 0.29) is 24.3 Å². The van der Waals surface area contributed by atoms with E-state index in [0.717, 1.165) is 5.69 Å². The normalized spacial score (nSPS) is 11.9. The number of carbonyl (C=O) groups excluding carboxylic acids is 1. The fraction of sp³-hybridized carbons (Fsp3) is 0.615. The molecule has 1 heterocycles. The molecular formula is C13H21N3O4. The summed E-state index contributed by atoms with van der Waals surface area (Å²) < 4.78 is 4.99. The summed E-state index contributed by atoms with van der Waals surface area (Å²) in [6.07, 6.45) is 0. The molecule has 0 atom stereocenters. The molecule has 1 aromatic heterocycles. The van der Waals surface area contributed by atoms with Gasteiger partial charge < -0.3 is 9.63 Å². The van der Waals surface area contributed by atoms with Crippen molar-refractivity contribution < 1.29 is 19.2 Å². The predicted octanol–water partition coefficient (Wildman–Crippen LogP) is 1.53. The van der Waals surface area contributed by atoms with Crippen molar-refractivity contribution in [1.82, 2.24) is 10.1 Å². The van der Waals surface area contributed by atoms with Gasteiger partial charge in [-0.1, -0.05) is 19.0 Å². The molecule has 0 aliphatic rings. The number of hydrogen-bond acceptors (Lipinski definition) is 5. The van der Waals surface area contributed by atoms with Crippen LogP contribution in [0.25, 0.3) is 0 Å². The number of likely N-dealkylation sites (N-methyl/N-ethyl adjacent to an activating group) is 1. The summed E-state index contributed by atoms with van der Waals surface area (Å²) in [7, 11) is 1.58. The van der Waals surface area contributed by atoms with E-state index in [2.05, 4.69) is 10.5 Å². The van der Waals surface area contributed by atoms with Crippen molar-refractivity contribution in [3.63, 3.8) is 0 Å². The molecule has 1 aromatic rings. The molecule has 0 aliphatic carbocycles. The van der Waals surface area contributed by atoms with Gasteiger partial charge in [-0.2, -0.15) is 0 Å². The van der Waals surface area contributed by atoms with Crippen molar-refractivity contribution in [3.8, 4) is 0 Å². The van der Waals surface area contributed by atoms with E-state index in [9.17, 15) is 9.59 Å². The number of nitrogens with zero attached hydrogens (tertiary/aromatic N) is 2. The summed E-state index contributed by atoms with van der Waals surface area (Å²) in [5.41, 5.74) is -0.374. The summed E-state index contributed by atoms with van der Waals surface area (Å²) in [6.45, 7) is 6.94. The molecule has 7 heteroatoms. The number of anilines is 1. The topological polar surface area (TPSA) is 95.7 Å². The SMILES string of the molecule is CC(C)c1cc(NC(=O)CN(C)C(C)(C)C(=O)O)on1. The maximum absolute atomic E-state index is 11.8. The van der Waals surface area contributed by atoms with Crippen LogP contribution < -0.4 is 5.32 Å². The van der Waals surface area contributed by atoms with Crippen LogP contribution in [0.5, 0.6) is 0 Å². The Labute approximate surface area is 117 Å². The standard InChI is InChI=1S/C13H21N3O4/c1-8(2)9-6-11(20-15-9)14-10(17)7-16(5)13(3,4)12(18)19/h6,8H,7H2,1-5H3,(H,14,17)(H,18,19). The summed E-state index contributed by atoms with van der Waals surface area (Å²) in [5.74, 6) is -0.874. The molecule has 112 valence electrons. The maximum atomic E-state index is 11.8. The average molecular weight is 283 g/mol. The number of amides is 1. The van der Waals surface area contributed by atoms with Crippen LogP contribution in [0.4, 0.5) is 5.88 Å². The van der Waals surface area contributed by atoms with E-state index in [1.54, 1.807) is 13.1 Å². The van der Waals surface area contributed by atoms with Gasteiger partial charge in [0.05, 0.1) is 12.2 Å². The van der Waals surface area contributed by atoms with Gasteiger partial charge >= 0.3 is 5.97 Å². The van der Waals surface area contributed by atoms with Crippen LogP contribution in [0.15, 0.2) is 10.6 Å². The van der Waals surface area contributed by atoms with Gasteiger partial charge in [-0.3, -0.25) is 19.8 Å². The number of aliphatic carboxylic acids is 1. The Bertz CT molecular complexity index is 494. The van der Waals surface area contributed by atoms with Gasteiger partial charge in [0.2, 0.25) is 11.8 Å². The van der Waals surface area contributed by atoms with Gasteiger partial charge in [0.1, 0.15) is 5.54 Å². The molecule has 0 aliphatic heterocycles. The van der Waals surface area contributed by atoms with Crippen LogP contribution in [0.1, 0.15) is 39.3 Å². The van der Waals surface area contributed by atoms with Crippen molar-refractivity contribution in [1.29, 1.82) is 0 Å². The number of rotatable bonds is 6. The lowest BCUT2D eigenvalue weighted by molar-refractivity contribution is -0.148. The second kappa shape index (κ2) is 6.04. The first kappa shape index (κ1) is 16.2. The minimum Gasteiger partial charge on any atom is -0.480 e. The zero-order valence-electron chi connectivity index (χ0n) is 12.4. The molecule has 1 amide bonds. The third kappa shape index (κ3) is 3.80. The number of hydrogen-bond donors (Lipinski definition) is 2. The number of carboxylic acids is 1. The quantitative estimate of drug-likeness (QED) is 0.822. The van der Waals surface area contributed by atoms with Gasteiger partial charge in [-0.05, 0) is 26.8 Å². The Kier molecular flexibility index (Phi) is 4.88. The van der Waals surface area contributed by atoms with Crippen molar-refractivity contribution >= 4 is 17.8 Å². The van der Waals surface area contributed by atoms with Gasteiger partial charge in [-0.25, -0.2) is 0 Å². The number of carboxylic acid groups (broad SMARTS) is 1. The van der Waals surface area contributed by atoms with Crippen LogP contribution >= 0.6 is 0 Å². The second-order valence-electron chi connectivity index (χ2n) is 5.54. The number of aromatic nitrogens is 1. The van der Waals surface area contributed by atoms with E-state index in [0.29, 0.717) is 0 Å². The van der Waals surface area contributed by atoms with Crippen LogP contribution in [0.3, 0.4) is 0 Å². The summed E-state index contributed by atoms with van der Waals surface area (Å²) in [6, 6.07) is 1.66. The predicted molar refractivity (Wildman–Crippen MR) is 73.6 cm³/mol. The van der Waals surface area contributed by atoms with Crippen molar-refractivity contribution in [2.75, 3.05) is 18.9 Å². The first-order valence-electron chi connectivity index (χ1n) is 6.35. The van der Waals surface area contributed by atoms with Crippen molar-refractivity contribution in [2.45, 2.75) is 39.2 Å². The van der Waals surface area contributed by atoms with Crippen molar-refractivity contribution in [3.05, 3.63) is 11.8 Å². The molecule has 0 unspecified atom stereocenters. The Morgan fingerprint density at radius 2 is 2.10 bits per heavy atom. The highest BCUT2D eigenvalue weighted by Gasteiger charge is 2.33. The Hall–Kier alpha value is -1.89. The first-order chi connectivity index (χ1) is 9.14. The highest BCUT2D eigenvalue weighted by Crippen LogP contribution is 2.18.